The lowest BCUT2D eigenvalue weighted by Gasteiger charge is -2.30. The Morgan fingerprint density at radius 2 is 2.33 bits per heavy atom. The van der Waals surface area contributed by atoms with Gasteiger partial charge in [0.1, 0.15) is 0 Å². The third-order valence-electron chi connectivity index (χ3n) is 3.90. The summed E-state index contributed by atoms with van der Waals surface area (Å²) >= 11 is 3.56. The molecule has 0 aliphatic carbocycles. The Morgan fingerprint density at radius 3 is 2.94 bits per heavy atom. The molecule has 1 fully saturated rings. The zero-order chi connectivity index (χ0) is 13.0. The topological polar surface area (TPSA) is 15.3 Å². The molecule has 2 nitrogen and oxygen atoms in total. The standard InChI is InChI=1S/C15H23BrN2/c1-3-18(11-15-8-5-9-17-15)12(2)13-6-4-7-14(16)10-13/h4,6-7,10,12,15,17H,3,5,8-9,11H2,1-2H3. The summed E-state index contributed by atoms with van der Waals surface area (Å²) in [6.45, 7) is 8.01. The molecule has 1 saturated heterocycles. The second-order valence-corrected chi connectivity index (χ2v) is 6.03. The molecule has 1 heterocycles. The molecule has 1 aromatic carbocycles. The minimum absolute atomic E-state index is 0.481. The Morgan fingerprint density at radius 1 is 1.50 bits per heavy atom. The molecule has 1 N–H and O–H groups in total. The smallest absolute Gasteiger partial charge is 0.0320 e. The quantitative estimate of drug-likeness (QED) is 0.894. The van der Waals surface area contributed by atoms with Gasteiger partial charge in [-0.1, -0.05) is 35.0 Å². The van der Waals surface area contributed by atoms with E-state index in [-0.39, 0.29) is 0 Å². The number of hydrogen-bond acceptors (Lipinski definition) is 2. The lowest BCUT2D eigenvalue weighted by Crippen LogP contribution is -2.38. The van der Waals surface area contributed by atoms with Gasteiger partial charge in [-0.25, -0.2) is 0 Å². The predicted octanol–water partition coefficient (Wildman–Crippen LogP) is 3.58. The van der Waals surface area contributed by atoms with Gasteiger partial charge in [0.25, 0.3) is 0 Å². The largest absolute Gasteiger partial charge is 0.313 e. The molecule has 0 bridgehead atoms. The van der Waals surface area contributed by atoms with Crippen LogP contribution in [0, 0.1) is 0 Å². The fourth-order valence-electron chi connectivity index (χ4n) is 2.73. The average Bonchev–Trinajstić information content (AvgIpc) is 2.88. The van der Waals surface area contributed by atoms with Gasteiger partial charge in [0, 0.05) is 23.1 Å². The first-order chi connectivity index (χ1) is 8.70. The minimum Gasteiger partial charge on any atom is -0.313 e. The highest BCUT2D eigenvalue weighted by Gasteiger charge is 2.21. The highest BCUT2D eigenvalue weighted by molar-refractivity contribution is 9.10. The molecule has 0 aromatic heterocycles. The van der Waals surface area contributed by atoms with Crippen molar-refractivity contribution >= 4 is 15.9 Å². The van der Waals surface area contributed by atoms with Crippen molar-refractivity contribution in [2.75, 3.05) is 19.6 Å². The third kappa shape index (κ3) is 3.56. The summed E-state index contributed by atoms with van der Waals surface area (Å²) < 4.78 is 1.17. The molecule has 0 spiro atoms. The van der Waals surface area contributed by atoms with Crippen LogP contribution in [0.1, 0.15) is 38.3 Å². The van der Waals surface area contributed by atoms with E-state index in [1.807, 2.05) is 0 Å². The summed E-state index contributed by atoms with van der Waals surface area (Å²) in [5.74, 6) is 0. The van der Waals surface area contributed by atoms with Gasteiger partial charge >= 0.3 is 0 Å². The van der Waals surface area contributed by atoms with E-state index in [0.29, 0.717) is 12.1 Å². The van der Waals surface area contributed by atoms with E-state index in [1.54, 1.807) is 0 Å². The molecule has 1 aliphatic heterocycles. The lowest BCUT2D eigenvalue weighted by atomic mass is 10.1. The maximum absolute atomic E-state index is 3.59. The van der Waals surface area contributed by atoms with Gasteiger partial charge in [-0.2, -0.15) is 0 Å². The van der Waals surface area contributed by atoms with Crippen LogP contribution in [0.5, 0.6) is 0 Å². The van der Waals surface area contributed by atoms with Crippen LogP contribution in [0.15, 0.2) is 28.7 Å². The third-order valence-corrected chi connectivity index (χ3v) is 4.40. The monoisotopic (exact) mass is 310 g/mol. The predicted molar refractivity (Wildman–Crippen MR) is 80.8 cm³/mol. The van der Waals surface area contributed by atoms with Gasteiger partial charge in [-0.15, -0.1) is 0 Å². The van der Waals surface area contributed by atoms with Crippen molar-refractivity contribution in [3.8, 4) is 0 Å². The van der Waals surface area contributed by atoms with Crippen molar-refractivity contribution in [3.05, 3.63) is 34.3 Å². The fourth-order valence-corrected chi connectivity index (χ4v) is 3.15. The summed E-state index contributed by atoms with van der Waals surface area (Å²) in [4.78, 5) is 2.56. The Hall–Kier alpha value is -0.380. The van der Waals surface area contributed by atoms with Crippen molar-refractivity contribution in [1.29, 1.82) is 0 Å². The fraction of sp³-hybridized carbons (Fsp3) is 0.600. The van der Waals surface area contributed by atoms with Crippen LogP contribution in [0.4, 0.5) is 0 Å². The Bertz CT molecular complexity index is 375. The van der Waals surface area contributed by atoms with Crippen molar-refractivity contribution < 1.29 is 0 Å². The number of likely N-dealkylation sites (N-methyl/N-ethyl adjacent to an activating group) is 1. The van der Waals surface area contributed by atoms with Gasteiger partial charge < -0.3 is 5.32 Å². The normalized spacial score (nSPS) is 21.4. The van der Waals surface area contributed by atoms with Gasteiger partial charge in [0.05, 0.1) is 0 Å². The molecular weight excluding hydrogens is 288 g/mol. The lowest BCUT2D eigenvalue weighted by molar-refractivity contribution is 0.202. The summed E-state index contributed by atoms with van der Waals surface area (Å²) in [5, 5.41) is 3.59. The van der Waals surface area contributed by atoms with Gasteiger partial charge in [-0.05, 0) is 50.6 Å². The molecule has 0 amide bonds. The van der Waals surface area contributed by atoms with Crippen LogP contribution in [0.25, 0.3) is 0 Å². The highest BCUT2D eigenvalue weighted by Crippen LogP contribution is 2.24. The average molecular weight is 311 g/mol. The molecule has 18 heavy (non-hydrogen) atoms. The van der Waals surface area contributed by atoms with E-state index in [2.05, 4.69) is 64.3 Å². The number of nitrogens with zero attached hydrogens (tertiary/aromatic N) is 1. The number of nitrogens with one attached hydrogen (secondary N) is 1. The number of hydrogen-bond donors (Lipinski definition) is 1. The zero-order valence-corrected chi connectivity index (χ0v) is 12.9. The van der Waals surface area contributed by atoms with Crippen molar-refractivity contribution in [1.82, 2.24) is 10.2 Å². The van der Waals surface area contributed by atoms with E-state index >= 15 is 0 Å². The minimum atomic E-state index is 0.481. The first kappa shape index (κ1) is 14.0. The maximum Gasteiger partial charge on any atom is 0.0320 e. The van der Waals surface area contributed by atoms with E-state index in [1.165, 1.54) is 29.4 Å². The molecule has 0 radical (unpaired) electrons. The van der Waals surface area contributed by atoms with E-state index in [0.717, 1.165) is 13.1 Å². The summed E-state index contributed by atoms with van der Waals surface area (Å²) in [5.41, 5.74) is 1.39. The van der Waals surface area contributed by atoms with Gasteiger partial charge in [0.15, 0.2) is 0 Å². The van der Waals surface area contributed by atoms with Crippen LogP contribution in [0.3, 0.4) is 0 Å². The maximum atomic E-state index is 3.59. The number of halogens is 1. The Balaban J connectivity index is 2.02. The molecule has 1 aromatic rings. The Kier molecular flexibility index (Phi) is 5.22. The van der Waals surface area contributed by atoms with Crippen LogP contribution >= 0.6 is 15.9 Å². The second-order valence-electron chi connectivity index (χ2n) is 5.11. The Labute approximate surface area is 119 Å². The molecule has 2 rings (SSSR count). The van der Waals surface area contributed by atoms with E-state index < -0.39 is 0 Å². The van der Waals surface area contributed by atoms with Crippen molar-refractivity contribution in [3.63, 3.8) is 0 Å². The van der Waals surface area contributed by atoms with Crippen LogP contribution in [0.2, 0.25) is 0 Å². The van der Waals surface area contributed by atoms with Crippen molar-refractivity contribution in [2.24, 2.45) is 0 Å². The van der Waals surface area contributed by atoms with Gasteiger partial charge in [0.2, 0.25) is 0 Å². The van der Waals surface area contributed by atoms with E-state index in [4.69, 9.17) is 0 Å². The molecule has 3 heteroatoms. The summed E-state index contributed by atoms with van der Waals surface area (Å²) in [6, 6.07) is 9.83. The second kappa shape index (κ2) is 6.69. The molecule has 0 saturated carbocycles. The molecule has 2 atom stereocenters. The molecular formula is C15H23BrN2. The molecule has 1 aliphatic rings. The van der Waals surface area contributed by atoms with E-state index in [9.17, 15) is 0 Å². The number of rotatable bonds is 5. The zero-order valence-electron chi connectivity index (χ0n) is 11.3. The van der Waals surface area contributed by atoms with Crippen molar-refractivity contribution in [2.45, 2.75) is 38.8 Å². The van der Waals surface area contributed by atoms with Crippen LogP contribution in [-0.2, 0) is 0 Å². The van der Waals surface area contributed by atoms with Crippen LogP contribution < -0.4 is 5.32 Å². The first-order valence-electron chi connectivity index (χ1n) is 6.93. The summed E-state index contributed by atoms with van der Waals surface area (Å²) in [7, 11) is 0. The first-order valence-corrected chi connectivity index (χ1v) is 7.73. The molecule has 2 unspecified atom stereocenters. The van der Waals surface area contributed by atoms with Crippen LogP contribution in [-0.4, -0.2) is 30.6 Å². The molecule has 100 valence electrons. The number of benzene rings is 1. The SMILES string of the molecule is CCN(CC1CCCN1)C(C)c1cccc(Br)c1. The highest BCUT2D eigenvalue weighted by atomic mass is 79.9. The summed E-state index contributed by atoms with van der Waals surface area (Å²) in [6.07, 6.45) is 2.65. The van der Waals surface area contributed by atoms with Gasteiger partial charge in [-0.3, -0.25) is 4.90 Å².